The van der Waals surface area contributed by atoms with E-state index in [0.29, 0.717) is 5.92 Å². The summed E-state index contributed by atoms with van der Waals surface area (Å²) in [7, 11) is 0. The highest BCUT2D eigenvalue weighted by molar-refractivity contribution is 6.19. The Morgan fingerprint density at radius 2 is 1.10 bits per heavy atom. The van der Waals surface area contributed by atoms with Crippen molar-refractivity contribution in [3.63, 3.8) is 0 Å². The van der Waals surface area contributed by atoms with Crippen LogP contribution in [-0.2, 0) is 0 Å². The summed E-state index contributed by atoms with van der Waals surface area (Å²) in [5, 5.41) is 4.50. The lowest BCUT2D eigenvalue weighted by Crippen LogP contribution is -2.17. The van der Waals surface area contributed by atoms with Crippen molar-refractivity contribution in [2.75, 3.05) is 9.80 Å². The van der Waals surface area contributed by atoms with Gasteiger partial charge in [0.05, 0.1) is 16.8 Å². The molecule has 1 aromatic heterocycles. The number of allylic oxidation sites excluding steroid dienone is 4. The maximum Gasteiger partial charge on any atom is 0.137 e. The average molecular weight is 631 g/mol. The Morgan fingerprint density at radius 1 is 0.490 bits per heavy atom. The number of benzene rings is 7. The molecule has 8 aromatic rings. The van der Waals surface area contributed by atoms with Crippen molar-refractivity contribution >= 4 is 66.8 Å². The Kier molecular flexibility index (Phi) is 7.29. The maximum absolute atomic E-state index is 6.71. The quantitative estimate of drug-likeness (QED) is 0.175. The standard InChI is InChI=1S/C46H34N2O/c1-5-16-33(17-6-1)34-20-15-27-40(30-34)47(37-21-7-2-8-22-37)42-28-29-43-45(41-31-35-18-13-14-19-36(35)32-44(41)49-43)46(42)48(38-23-9-3-10-24-38)39-25-11-4-12-26-39/h1-16,18-33H,17H2. The second kappa shape index (κ2) is 12.4. The highest BCUT2D eigenvalue weighted by atomic mass is 16.3. The normalized spacial score (nSPS) is 14.1. The smallest absolute Gasteiger partial charge is 0.137 e. The molecule has 0 saturated carbocycles. The zero-order chi connectivity index (χ0) is 32.6. The van der Waals surface area contributed by atoms with Gasteiger partial charge in [0, 0.05) is 34.1 Å². The van der Waals surface area contributed by atoms with Crippen LogP contribution in [0.25, 0.3) is 32.7 Å². The Balaban J connectivity index is 1.39. The summed E-state index contributed by atoms with van der Waals surface area (Å²) >= 11 is 0. The lowest BCUT2D eigenvalue weighted by atomic mass is 9.92. The molecule has 1 aliphatic carbocycles. The zero-order valence-corrected chi connectivity index (χ0v) is 27.0. The largest absolute Gasteiger partial charge is 0.456 e. The van der Waals surface area contributed by atoms with E-state index < -0.39 is 0 Å². The molecule has 49 heavy (non-hydrogen) atoms. The predicted octanol–water partition coefficient (Wildman–Crippen LogP) is 13.3. The first-order chi connectivity index (χ1) is 24.3. The van der Waals surface area contributed by atoms with Gasteiger partial charge >= 0.3 is 0 Å². The first-order valence-corrected chi connectivity index (χ1v) is 16.9. The molecule has 0 saturated heterocycles. The third kappa shape index (κ3) is 5.26. The molecule has 3 nitrogen and oxygen atoms in total. The van der Waals surface area contributed by atoms with Gasteiger partial charge in [-0.2, -0.15) is 0 Å². The van der Waals surface area contributed by atoms with E-state index in [0.717, 1.165) is 67.9 Å². The van der Waals surface area contributed by atoms with Gasteiger partial charge in [-0.25, -0.2) is 0 Å². The fourth-order valence-electron chi connectivity index (χ4n) is 7.22. The molecule has 1 aliphatic rings. The maximum atomic E-state index is 6.71. The van der Waals surface area contributed by atoms with Crippen LogP contribution < -0.4 is 9.80 Å². The van der Waals surface area contributed by atoms with Gasteiger partial charge in [-0.1, -0.05) is 115 Å². The third-order valence-electron chi connectivity index (χ3n) is 9.50. The molecule has 9 rings (SSSR count). The molecule has 0 radical (unpaired) electrons. The minimum atomic E-state index is 0.334. The molecule has 0 aliphatic heterocycles. The molecule has 0 N–H and O–H groups in total. The van der Waals surface area contributed by atoms with Crippen LogP contribution >= 0.6 is 0 Å². The highest BCUT2D eigenvalue weighted by Crippen LogP contribution is 2.51. The lowest BCUT2D eigenvalue weighted by Gasteiger charge is -2.34. The number of rotatable bonds is 7. The lowest BCUT2D eigenvalue weighted by molar-refractivity contribution is 0.669. The van der Waals surface area contributed by atoms with Crippen LogP contribution in [0.2, 0.25) is 0 Å². The summed E-state index contributed by atoms with van der Waals surface area (Å²) in [6, 6.07) is 58.4. The van der Waals surface area contributed by atoms with E-state index in [9.17, 15) is 0 Å². The first kappa shape index (κ1) is 28.9. The van der Waals surface area contributed by atoms with Crippen molar-refractivity contribution in [3.05, 3.63) is 194 Å². The van der Waals surface area contributed by atoms with Gasteiger partial charge in [-0.15, -0.1) is 0 Å². The number of hydrogen-bond acceptors (Lipinski definition) is 3. The van der Waals surface area contributed by atoms with Crippen molar-refractivity contribution in [2.24, 2.45) is 0 Å². The second-order valence-corrected chi connectivity index (χ2v) is 12.5. The SMILES string of the molecule is C1=CCC(c2cccc(N(c3ccccc3)c3ccc4oc5cc6ccccc6cc5c4c3N(c3ccccc3)c3ccccc3)c2)C=C1. The van der Waals surface area contributed by atoms with Crippen molar-refractivity contribution in [2.45, 2.75) is 12.3 Å². The van der Waals surface area contributed by atoms with E-state index in [1.165, 1.54) is 10.9 Å². The molecule has 0 spiro atoms. The van der Waals surface area contributed by atoms with E-state index in [1.54, 1.807) is 0 Å². The number of nitrogens with zero attached hydrogens (tertiary/aromatic N) is 2. The predicted molar refractivity (Wildman–Crippen MR) is 206 cm³/mol. The fraction of sp³-hybridized carbons (Fsp3) is 0.0435. The topological polar surface area (TPSA) is 19.6 Å². The molecule has 3 heteroatoms. The molecule has 234 valence electrons. The van der Waals surface area contributed by atoms with Gasteiger partial charge in [0.25, 0.3) is 0 Å². The molecular formula is C46H34N2O. The van der Waals surface area contributed by atoms with Crippen LogP contribution in [0.1, 0.15) is 17.9 Å². The van der Waals surface area contributed by atoms with Crippen LogP contribution in [0.15, 0.2) is 193 Å². The number of anilines is 6. The highest BCUT2D eigenvalue weighted by Gasteiger charge is 2.27. The second-order valence-electron chi connectivity index (χ2n) is 12.5. The van der Waals surface area contributed by atoms with Gasteiger partial charge in [-0.05, 0) is 95.6 Å². The van der Waals surface area contributed by atoms with Gasteiger partial charge in [-0.3, -0.25) is 0 Å². The van der Waals surface area contributed by atoms with E-state index >= 15 is 0 Å². The number of fused-ring (bicyclic) bond motifs is 4. The molecular weight excluding hydrogens is 597 g/mol. The number of furan rings is 1. The summed E-state index contributed by atoms with van der Waals surface area (Å²) < 4.78 is 6.71. The Labute approximate surface area is 286 Å². The molecule has 0 amide bonds. The molecule has 7 aromatic carbocycles. The van der Waals surface area contributed by atoms with Crippen LogP contribution in [0.3, 0.4) is 0 Å². The first-order valence-electron chi connectivity index (χ1n) is 16.9. The molecule has 0 fully saturated rings. The fourth-order valence-corrected chi connectivity index (χ4v) is 7.22. The molecule has 1 heterocycles. The van der Waals surface area contributed by atoms with E-state index in [-0.39, 0.29) is 0 Å². The van der Waals surface area contributed by atoms with Crippen molar-refractivity contribution in [1.29, 1.82) is 0 Å². The number of hydrogen-bond donors (Lipinski definition) is 0. The van der Waals surface area contributed by atoms with Gasteiger partial charge in [0.2, 0.25) is 0 Å². The van der Waals surface area contributed by atoms with Gasteiger partial charge in [0.1, 0.15) is 11.2 Å². The third-order valence-corrected chi connectivity index (χ3v) is 9.50. The van der Waals surface area contributed by atoms with E-state index in [4.69, 9.17) is 4.42 Å². The Hall–Kier alpha value is -6.32. The number of para-hydroxylation sites is 3. The van der Waals surface area contributed by atoms with Crippen molar-refractivity contribution in [3.8, 4) is 0 Å². The van der Waals surface area contributed by atoms with E-state index in [1.807, 2.05) is 0 Å². The van der Waals surface area contributed by atoms with Crippen molar-refractivity contribution < 1.29 is 4.42 Å². The van der Waals surface area contributed by atoms with Crippen LogP contribution in [-0.4, -0.2) is 0 Å². The van der Waals surface area contributed by atoms with E-state index in [2.05, 4.69) is 198 Å². The van der Waals surface area contributed by atoms with Gasteiger partial charge in [0.15, 0.2) is 0 Å². The van der Waals surface area contributed by atoms with Gasteiger partial charge < -0.3 is 14.2 Å². The van der Waals surface area contributed by atoms with Crippen LogP contribution in [0.4, 0.5) is 34.1 Å². The summed E-state index contributed by atoms with van der Waals surface area (Å²) in [5.41, 5.74) is 9.45. The average Bonchev–Trinajstić information content (AvgIpc) is 3.54. The molecule has 0 bridgehead atoms. The minimum Gasteiger partial charge on any atom is -0.456 e. The monoisotopic (exact) mass is 630 g/mol. The van der Waals surface area contributed by atoms with Crippen molar-refractivity contribution in [1.82, 2.24) is 0 Å². The Morgan fingerprint density at radius 3 is 1.76 bits per heavy atom. The van der Waals surface area contributed by atoms with Crippen LogP contribution in [0.5, 0.6) is 0 Å². The summed E-state index contributed by atoms with van der Waals surface area (Å²) in [6.45, 7) is 0. The Bertz CT molecular complexity index is 2440. The summed E-state index contributed by atoms with van der Waals surface area (Å²) in [5.74, 6) is 0.334. The summed E-state index contributed by atoms with van der Waals surface area (Å²) in [4.78, 5) is 4.79. The summed E-state index contributed by atoms with van der Waals surface area (Å²) in [6.07, 6.45) is 9.85. The zero-order valence-electron chi connectivity index (χ0n) is 27.0. The van der Waals surface area contributed by atoms with Crippen LogP contribution in [0, 0.1) is 0 Å². The molecule has 1 unspecified atom stereocenters. The molecule has 1 atom stereocenters. The minimum absolute atomic E-state index is 0.334.